The lowest BCUT2D eigenvalue weighted by atomic mass is 10.1. The first-order valence-electron chi connectivity index (χ1n) is 10.8. The Kier molecular flexibility index (Phi) is 6.93. The molecule has 3 aromatic carbocycles. The average Bonchev–Trinajstić information content (AvgIpc) is 2.86. The van der Waals surface area contributed by atoms with Gasteiger partial charge in [-0.25, -0.2) is 8.42 Å². The summed E-state index contributed by atoms with van der Waals surface area (Å²) in [6.07, 6.45) is -1.01. The first-order valence-corrected chi connectivity index (χ1v) is 12.2. The van der Waals surface area contributed by atoms with Crippen LogP contribution in [0.15, 0.2) is 77.7 Å². The summed E-state index contributed by atoms with van der Waals surface area (Å²) in [7, 11) is -2.30. The molecule has 0 spiro atoms. The average molecular weight is 483 g/mol. The van der Waals surface area contributed by atoms with E-state index >= 15 is 0 Å². The second kappa shape index (κ2) is 10.0. The number of carbonyl (C=O) groups is 1. The standard InChI is InChI=1S/C25H26N2O6S/c1-18-8-13-22-23(16-18)33-24(17-27(22)34(29,30)21-6-4-3-5-7-21)25(28)26-14-15-32-20-11-9-19(31-2)10-12-20/h3-13,16,24H,14-15,17H2,1-2H3,(H,26,28). The summed E-state index contributed by atoms with van der Waals surface area (Å²) in [5, 5.41) is 2.77. The Morgan fingerprint density at radius 3 is 2.47 bits per heavy atom. The minimum absolute atomic E-state index is 0.140. The number of anilines is 1. The minimum Gasteiger partial charge on any atom is -0.497 e. The number of methoxy groups -OCH3 is 1. The molecule has 8 nitrogen and oxygen atoms in total. The van der Waals surface area contributed by atoms with Crippen molar-refractivity contribution in [2.45, 2.75) is 17.9 Å². The number of hydrogen-bond donors (Lipinski definition) is 1. The van der Waals surface area contributed by atoms with E-state index in [0.29, 0.717) is 17.2 Å². The van der Waals surface area contributed by atoms with Crippen LogP contribution < -0.4 is 23.8 Å². The number of hydrogen-bond acceptors (Lipinski definition) is 6. The third kappa shape index (κ3) is 5.09. The highest BCUT2D eigenvalue weighted by Crippen LogP contribution is 2.37. The Morgan fingerprint density at radius 1 is 1.06 bits per heavy atom. The predicted molar refractivity (Wildman–Crippen MR) is 128 cm³/mol. The van der Waals surface area contributed by atoms with Crippen LogP contribution >= 0.6 is 0 Å². The summed E-state index contributed by atoms with van der Waals surface area (Å²) in [5.74, 6) is 1.30. The van der Waals surface area contributed by atoms with Crippen LogP contribution in [0.25, 0.3) is 0 Å². The molecule has 0 aromatic heterocycles. The molecule has 1 aliphatic heterocycles. The van der Waals surface area contributed by atoms with Gasteiger partial charge in [0, 0.05) is 0 Å². The van der Waals surface area contributed by atoms with E-state index in [1.807, 2.05) is 13.0 Å². The van der Waals surface area contributed by atoms with Crippen molar-refractivity contribution >= 4 is 21.6 Å². The number of rotatable bonds is 8. The van der Waals surface area contributed by atoms with Gasteiger partial charge in [-0.1, -0.05) is 24.3 Å². The van der Waals surface area contributed by atoms with Crippen LogP contribution in [0.1, 0.15) is 5.56 Å². The van der Waals surface area contributed by atoms with Crippen molar-refractivity contribution in [3.63, 3.8) is 0 Å². The monoisotopic (exact) mass is 482 g/mol. The molecule has 4 rings (SSSR count). The maximum atomic E-state index is 13.4. The van der Waals surface area contributed by atoms with E-state index in [4.69, 9.17) is 14.2 Å². The first-order chi connectivity index (χ1) is 16.4. The fraction of sp³-hybridized carbons (Fsp3) is 0.240. The molecule has 3 aromatic rings. The Hall–Kier alpha value is -3.72. The number of nitrogens with zero attached hydrogens (tertiary/aromatic N) is 1. The lowest BCUT2D eigenvalue weighted by Gasteiger charge is -2.35. The molecule has 1 unspecified atom stereocenters. The van der Waals surface area contributed by atoms with Crippen LogP contribution in [-0.2, 0) is 14.8 Å². The van der Waals surface area contributed by atoms with Crippen molar-refractivity contribution < 1.29 is 27.4 Å². The van der Waals surface area contributed by atoms with Crippen LogP contribution in [0.5, 0.6) is 17.2 Å². The SMILES string of the molecule is COc1ccc(OCCNC(=O)C2CN(S(=O)(=O)c3ccccc3)c3ccc(C)cc3O2)cc1. The lowest BCUT2D eigenvalue weighted by molar-refractivity contribution is -0.127. The normalized spacial score (nSPS) is 15.1. The van der Waals surface area contributed by atoms with Crippen LogP contribution in [0.4, 0.5) is 5.69 Å². The van der Waals surface area contributed by atoms with Gasteiger partial charge in [0.15, 0.2) is 6.10 Å². The molecule has 0 aliphatic carbocycles. The Balaban J connectivity index is 1.45. The van der Waals surface area contributed by atoms with E-state index < -0.39 is 22.0 Å². The Morgan fingerprint density at radius 2 is 1.76 bits per heavy atom. The summed E-state index contributed by atoms with van der Waals surface area (Å²) >= 11 is 0. The number of ether oxygens (including phenoxy) is 3. The summed E-state index contributed by atoms with van der Waals surface area (Å²) < 4.78 is 44.6. The zero-order chi connectivity index (χ0) is 24.1. The molecular formula is C25H26N2O6S. The predicted octanol–water partition coefficient (Wildman–Crippen LogP) is 3.16. The quantitative estimate of drug-likeness (QED) is 0.496. The number of benzene rings is 3. The largest absolute Gasteiger partial charge is 0.497 e. The molecule has 0 saturated heterocycles. The van der Waals surface area contributed by atoms with Gasteiger partial charge in [0.25, 0.3) is 15.9 Å². The molecule has 1 N–H and O–H groups in total. The van der Waals surface area contributed by atoms with E-state index in [0.717, 1.165) is 11.3 Å². The maximum Gasteiger partial charge on any atom is 0.264 e. The van der Waals surface area contributed by atoms with Gasteiger partial charge in [0.1, 0.15) is 23.9 Å². The second-order valence-electron chi connectivity index (χ2n) is 7.74. The highest BCUT2D eigenvalue weighted by molar-refractivity contribution is 7.92. The fourth-order valence-electron chi connectivity index (χ4n) is 3.57. The topological polar surface area (TPSA) is 94.2 Å². The van der Waals surface area contributed by atoms with Gasteiger partial charge in [0.2, 0.25) is 0 Å². The minimum atomic E-state index is -3.88. The molecule has 1 heterocycles. The number of fused-ring (bicyclic) bond motifs is 1. The number of aryl methyl sites for hydroxylation is 1. The van der Waals surface area contributed by atoms with Crippen LogP contribution in [-0.4, -0.2) is 47.2 Å². The molecular weight excluding hydrogens is 456 g/mol. The first kappa shape index (κ1) is 23.4. The van der Waals surface area contributed by atoms with Crippen molar-refractivity contribution in [1.29, 1.82) is 0 Å². The molecule has 178 valence electrons. The zero-order valence-corrected chi connectivity index (χ0v) is 19.7. The summed E-state index contributed by atoms with van der Waals surface area (Å²) in [4.78, 5) is 13.0. The molecule has 1 atom stereocenters. The van der Waals surface area contributed by atoms with Gasteiger partial charge in [0.05, 0.1) is 30.8 Å². The van der Waals surface area contributed by atoms with Crippen molar-refractivity contribution in [1.82, 2.24) is 5.32 Å². The third-order valence-corrected chi connectivity index (χ3v) is 7.13. The van der Waals surface area contributed by atoms with Crippen molar-refractivity contribution in [2.75, 3.05) is 31.1 Å². The molecule has 9 heteroatoms. The Bertz CT molecular complexity index is 1250. The molecule has 0 saturated carbocycles. The highest BCUT2D eigenvalue weighted by Gasteiger charge is 2.37. The van der Waals surface area contributed by atoms with E-state index in [1.165, 1.54) is 16.4 Å². The van der Waals surface area contributed by atoms with Gasteiger partial charge in [-0.05, 0) is 61.0 Å². The lowest BCUT2D eigenvalue weighted by Crippen LogP contribution is -2.51. The number of sulfonamides is 1. The zero-order valence-electron chi connectivity index (χ0n) is 18.9. The number of amides is 1. The van der Waals surface area contributed by atoms with Crippen molar-refractivity contribution in [2.24, 2.45) is 0 Å². The van der Waals surface area contributed by atoms with Crippen LogP contribution in [0, 0.1) is 6.92 Å². The molecule has 34 heavy (non-hydrogen) atoms. The fourth-order valence-corrected chi connectivity index (χ4v) is 5.07. The van der Waals surface area contributed by atoms with Gasteiger partial charge in [-0.2, -0.15) is 0 Å². The molecule has 0 radical (unpaired) electrons. The van der Waals surface area contributed by atoms with Gasteiger partial charge >= 0.3 is 0 Å². The van der Waals surface area contributed by atoms with Crippen molar-refractivity contribution in [3.05, 3.63) is 78.4 Å². The van der Waals surface area contributed by atoms with Crippen LogP contribution in [0.2, 0.25) is 0 Å². The third-order valence-electron chi connectivity index (χ3n) is 5.34. The molecule has 1 amide bonds. The summed E-state index contributed by atoms with van der Waals surface area (Å²) in [6, 6.07) is 20.5. The van der Waals surface area contributed by atoms with Gasteiger partial charge in [-0.15, -0.1) is 0 Å². The smallest absolute Gasteiger partial charge is 0.264 e. The second-order valence-corrected chi connectivity index (χ2v) is 9.60. The Labute approximate surface area is 199 Å². The maximum absolute atomic E-state index is 13.4. The molecule has 0 fully saturated rings. The van der Waals surface area contributed by atoms with E-state index in [9.17, 15) is 13.2 Å². The summed E-state index contributed by atoms with van der Waals surface area (Å²) in [6.45, 7) is 2.21. The van der Waals surface area contributed by atoms with E-state index in [2.05, 4.69) is 5.32 Å². The van der Waals surface area contributed by atoms with Crippen LogP contribution in [0.3, 0.4) is 0 Å². The van der Waals surface area contributed by atoms with Crippen molar-refractivity contribution in [3.8, 4) is 17.2 Å². The van der Waals surface area contributed by atoms with Gasteiger partial charge in [-0.3, -0.25) is 9.10 Å². The number of carbonyl (C=O) groups excluding carboxylic acids is 1. The van der Waals surface area contributed by atoms with E-state index in [-0.39, 0.29) is 24.6 Å². The number of nitrogens with one attached hydrogen (secondary N) is 1. The highest BCUT2D eigenvalue weighted by atomic mass is 32.2. The molecule has 1 aliphatic rings. The van der Waals surface area contributed by atoms with E-state index in [1.54, 1.807) is 61.7 Å². The van der Waals surface area contributed by atoms with Gasteiger partial charge < -0.3 is 19.5 Å². The molecule has 0 bridgehead atoms. The summed E-state index contributed by atoms with van der Waals surface area (Å²) in [5.41, 5.74) is 1.30.